The smallest absolute Gasteiger partial charge is 0.282 e. The van der Waals surface area contributed by atoms with Crippen LogP contribution in [-0.2, 0) is 32.5 Å². The topological polar surface area (TPSA) is 54.4 Å². The van der Waals surface area contributed by atoms with Crippen LogP contribution in [0.15, 0.2) is 29.2 Å². The van der Waals surface area contributed by atoms with Gasteiger partial charge in [0.15, 0.2) is 0 Å². The predicted molar refractivity (Wildman–Crippen MR) is 41.0 cm³/mol. The van der Waals surface area contributed by atoms with E-state index in [2.05, 4.69) is 0 Å². The summed E-state index contributed by atoms with van der Waals surface area (Å²) in [7, 11) is -4.03. The van der Waals surface area contributed by atoms with Crippen LogP contribution in [0.25, 0.3) is 0 Å². The largest absolute Gasteiger partial charge is 0.294 e. The zero-order chi connectivity index (χ0) is 8.48. The van der Waals surface area contributed by atoms with Gasteiger partial charge in [-0.1, -0.05) is 18.2 Å². The van der Waals surface area contributed by atoms with E-state index in [0.29, 0.717) is 5.56 Å². The van der Waals surface area contributed by atoms with Gasteiger partial charge in [0.05, 0.1) is 4.90 Å². The first kappa shape index (κ1) is 11.9. The molecule has 0 aromatic heterocycles. The first-order valence-corrected chi connectivity index (χ1v) is 4.49. The SMILES string of the molecule is Cc1ccccc1S(=O)(=O)O.[Ag]. The Labute approximate surface area is 87.1 Å². The van der Waals surface area contributed by atoms with Crippen molar-refractivity contribution in [1.82, 2.24) is 0 Å². The molecule has 0 atom stereocenters. The minimum atomic E-state index is -4.03. The van der Waals surface area contributed by atoms with E-state index >= 15 is 0 Å². The van der Waals surface area contributed by atoms with E-state index in [0.717, 1.165) is 0 Å². The molecule has 0 bridgehead atoms. The van der Waals surface area contributed by atoms with Crippen LogP contribution in [-0.4, -0.2) is 13.0 Å². The molecule has 1 radical (unpaired) electrons. The Morgan fingerprint density at radius 2 is 1.75 bits per heavy atom. The van der Waals surface area contributed by atoms with Crippen LogP contribution in [0.3, 0.4) is 0 Å². The van der Waals surface area contributed by atoms with Crippen LogP contribution >= 0.6 is 0 Å². The summed E-state index contributed by atoms with van der Waals surface area (Å²) in [5.41, 5.74) is 0.551. The normalized spacial score (nSPS) is 10.5. The van der Waals surface area contributed by atoms with Gasteiger partial charge in [0.25, 0.3) is 10.1 Å². The van der Waals surface area contributed by atoms with Crippen LogP contribution in [0.4, 0.5) is 0 Å². The third-order valence-electron chi connectivity index (χ3n) is 1.37. The zero-order valence-electron chi connectivity index (χ0n) is 6.28. The molecular formula is C7H8AgO3S. The van der Waals surface area contributed by atoms with Crippen LogP contribution in [0, 0.1) is 6.92 Å². The molecule has 0 saturated carbocycles. The molecule has 1 N–H and O–H groups in total. The molecule has 12 heavy (non-hydrogen) atoms. The zero-order valence-corrected chi connectivity index (χ0v) is 8.58. The predicted octanol–water partition coefficient (Wildman–Crippen LogP) is 1.24. The molecular weight excluding hydrogens is 272 g/mol. The summed E-state index contributed by atoms with van der Waals surface area (Å²) in [4.78, 5) is -0.0278. The molecule has 0 aliphatic carbocycles. The first-order valence-electron chi connectivity index (χ1n) is 3.05. The fraction of sp³-hybridized carbons (Fsp3) is 0.143. The van der Waals surface area contributed by atoms with Crippen molar-refractivity contribution in [2.24, 2.45) is 0 Å². The Hall–Kier alpha value is -0.130. The molecule has 1 aromatic carbocycles. The van der Waals surface area contributed by atoms with Crippen molar-refractivity contribution in [2.75, 3.05) is 0 Å². The van der Waals surface area contributed by atoms with Gasteiger partial charge < -0.3 is 0 Å². The van der Waals surface area contributed by atoms with Crippen molar-refractivity contribution >= 4 is 10.1 Å². The van der Waals surface area contributed by atoms with Gasteiger partial charge in [-0.05, 0) is 18.6 Å². The molecule has 3 nitrogen and oxygen atoms in total. The molecule has 1 rings (SSSR count). The quantitative estimate of drug-likeness (QED) is 0.622. The van der Waals surface area contributed by atoms with Gasteiger partial charge >= 0.3 is 0 Å². The summed E-state index contributed by atoms with van der Waals surface area (Å²) in [5.74, 6) is 0. The standard InChI is InChI=1S/C7H8O3S.Ag/c1-6-4-2-3-5-7(6)11(8,9)10;/h2-5H,1H3,(H,8,9,10);. The number of benzene rings is 1. The minimum absolute atomic E-state index is 0. The van der Waals surface area contributed by atoms with Gasteiger partial charge in [0.1, 0.15) is 0 Å². The fourth-order valence-corrected chi connectivity index (χ4v) is 1.57. The fourth-order valence-electron chi connectivity index (χ4n) is 0.846. The second-order valence-corrected chi connectivity index (χ2v) is 3.63. The molecule has 71 valence electrons. The molecule has 0 saturated heterocycles. The van der Waals surface area contributed by atoms with E-state index in [-0.39, 0.29) is 27.3 Å². The molecule has 1 aromatic rings. The maximum absolute atomic E-state index is 10.6. The summed E-state index contributed by atoms with van der Waals surface area (Å²) in [6.07, 6.45) is 0. The Morgan fingerprint density at radius 3 is 2.08 bits per heavy atom. The van der Waals surface area contributed by atoms with Gasteiger partial charge in [0.2, 0.25) is 0 Å². The van der Waals surface area contributed by atoms with Crippen LogP contribution in [0.1, 0.15) is 5.56 Å². The van der Waals surface area contributed by atoms with E-state index in [4.69, 9.17) is 4.55 Å². The molecule has 0 spiro atoms. The van der Waals surface area contributed by atoms with E-state index < -0.39 is 10.1 Å². The van der Waals surface area contributed by atoms with Crippen LogP contribution < -0.4 is 0 Å². The second-order valence-electron chi connectivity index (χ2n) is 2.24. The number of hydrogen-bond donors (Lipinski definition) is 1. The maximum atomic E-state index is 10.6. The van der Waals surface area contributed by atoms with E-state index in [1.165, 1.54) is 6.07 Å². The van der Waals surface area contributed by atoms with E-state index in [1.54, 1.807) is 25.1 Å². The monoisotopic (exact) mass is 279 g/mol. The van der Waals surface area contributed by atoms with Crippen molar-refractivity contribution in [3.8, 4) is 0 Å². The Kier molecular flexibility index (Phi) is 4.16. The summed E-state index contributed by atoms with van der Waals surface area (Å²) in [5, 5.41) is 0. The summed E-state index contributed by atoms with van der Waals surface area (Å²) < 4.78 is 29.9. The number of aryl methyl sites for hydroxylation is 1. The molecule has 5 heteroatoms. The van der Waals surface area contributed by atoms with Crippen molar-refractivity contribution in [3.05, 3.63) is 29.8 Å². The van der Waals surface area contributed by atoms with Crippen LogP contribution in [0.5, 0.6) is 0 Å². The first-order chi connectivity index (χ1) is 5.02. The number of hydrogen-bond acceptors (Lipinski definition) is 2. The molecule has 0 amide bonds. The van der Waals surface area contributed by atoms with Gasteiger partial charge in [0, 0.05) is 22.4 Å². The Balaban J connectivity index is 0.00000121. The van der Waals surface area contributed by atoms with Crippen molar-refractivity contribution in [1.29, 1.82) is 0 Å². The average Bonchev–Trinajstić information content (AvgIpc) is 1.86. The van der Waals surface area contributed by atoms with Crippen molar-refractivity contribution in [2.45, 2.75) is 11.8 Å². The van der Waals surface area contributed by atoms with Crippen LogP contribution in [0.2, 0.25) is 0 Å². The molecule has 0 unspecified atom stereocenters. The third-order valence-corrected chi connectivity index (χ3v) is 2.39. The van der Waals surface area contributed by atoms with E-state index in [1.807, 2.05) is 0 Å². The molecule has 0 aliphatic rings. The number of rotatable bonds is 1. The molecule has 0 fully saturated rings. The molecule has 0 aliphatic heterocycles. The third kappa shape index (κ3) is 2.73. The van der Waals surface area contributed by atoms with Crippen molar-refractivity contribution < 1.29 is 35.4 Å². The maximum Gasteiger partial charge on any atom is 0.294 e. The summed E-state index contributed by atoms with van der Waals surface area (Å²) in [6, 6.07) is 6.27. The minimum Gasteiger partial charge on any atom is -0.282 e. The van der Waals surface area contributed by atoms with Gasteiger partial charge in [-0.15, -0.1) is 0 Å². The molecule has 0 heterocycles. The summed E-state index contributed by atoms with van der Waals surface area (Å²) in [6.45, 7) is 1.63. The van der Waals surface area contributed by atoms with Gasteiger partial charge in [-0.3, -0.25) is 4.55 Å². The Bertz CT molecular complexity index is 359. The van der Waals surface area contributed by atoms with E-state index in [9.17, 15) is 8.42 Å². The average molecular weight is 280 g/mol. The van der Waals surface area contributed by atoms with Gasteiger partial charge in [-0.2, -0.15) is 8.42 Å². The van der Waals surface area contributed by atoms with Crippen molar-refractivity contribution in [3.63, 3.8) is 0 Å². The second kappa shape index (κ2) is 4.20. The Morgan fingerprint density at radius 1 is 1.25 bits per heavy atom. The summed E-state index contributed by atoms with van der Waals surface area (Å²) >= 11 is 0. The van der Waals surface area contributed by atoms with Gasteiger partial charge in [-0.25, -0.2) is 0 Å².